The summed E-state index contributed by atoms with van der Waals surface area (Å²) in [5.74, 6) is 2.07. The van der Waals surface area contributed by atoms with Crippen LogP contribution in [0.3, 0.4) is 0 Å². The zero-order chi connectivity index (χ0) is 17.9. The van der Waals surface area contributed by atoms with Crippen molar-refractivity contribution in [2.45, 2.75) is 19.3 Å². The minimum atomic E-state index is -0.0760. The first-order valence-corrected chi connectivity index (χ1v) is 8.79. The Labute approximate surface area is 152 Å². The van der Waals surface area contributed by atoms with E-state index in [9.17, 15) is 4.79 Å². The summed E-state index contributed by atoms with van der Waals surface area (Å²) in [6.07, 6.45) is 0.372. The van der Waals surface area contributed by atoms with Gasteiger partial charge in [-0.15, -0.1) is 0 Å². The van der Waals surface area contributed by atoms with E-state index in [1.165, 1.54) is 0 Å². The van der Waals surface area contributed by atoms with Gasteiger partial charge in [0, 0.05) is 36.3 Å². The van der Waals surface area contributed by atoms with Gasteiger partial charge in [-0.1, -0.05) is 18.2 Å². The van der Waals surface area contributed by atoms with Crippen molar-refractivity contribution in [1.29, 1.82) is 0 Å². The van der Waals surface area contributed by atoms with Crippen LogP contribution in [0.15, 0.2) is 36.4 Å². The van der Waals surface area contributed by atoms with Crippen LogP contribution >= 0.6 is 0 Å². The fraction of sp³-hybridized carbons (Fsp3) is 0.350. The highest BCUT2D eigenvalue weighted by Crippen LogP contribution is 2.46. The minimum absolute atomic E-state index is 0.0227. The number of anilines is 1. The van der Waals surface area contributed by atoms with E-state index in [1.807, 2.05) is 43.3 Å². The third-order valence-electron chi connectivity index (χ3n) is 4.57. The quantitative estimate of drug-likeness (QED) is 0.806. The van der Waals surface area contributed by atoms with Gasteiger partial charge in [0.05, 0.1) is 6.61 Å². The summed E-state index contributed by atoms with van der Waals surface area (Å²) in [6, 6.07) is 11.6. The second kappa shape index (κ2) is 7.25. The largest absolute Gasteiger partial charge is 0.491 e. The SMILES string of the molecule is CCOCCOc1ccc2c(c1)NC(=O)C[C@H]2c1cccc2c1OCO2. The smallest absolute Gasteiger partial charge is 0.231 e. The number of carbonyl (C=O) groups is 1. The average Bonchev–Trinajstić information content (AvgIpc) is 3.13. The second-order valence-corrected chi connectivity index (χ2v) is 6.18. The van der Waals surface area contributed by atoms with Gasteiger partial charge in [-0.3, -0.25) is 4.79 Å². The normalized spacial score (nSPS) is 17.6. The Morgan fingerprint density at radius 1 is 1.15 bits per heavy atom. The molecule has 2 aromatic rings. The Morgan fingerprint density at radius 3 is 2.96 bits per heavy atom. The predicted molar refractivity (Wildman–Crippen MR) is 96.1 cm³/mol. The van der Waals surface area contributed by atoms with Crippen molar-refractivity contribution in [3.8, 4) is 17.2 Å². The highest BCUT2D eigenvalue weighted by molar-refractivity contribution is 5.95. The zero-order valence-electron chi connectivity index (χ0n) is 14.6. The van der Waals surface area contributed by atoms with Crippen molar-refractivity contribution in [3.63, 3.8) is 0 Å². The number of rotatable bonds is 6. The van der Waals surface area contributed by atoms with Crippen LogP contribution in [0.5, 0.6) is 17.2 Å². The van der Waals surface area contributed by atoms with Crippen molar-refractivity contribution in [2.24, 2.45) is 0 Å². The first-order valence-electron chi connectivity index (χ1n) is 8.79. The number of carbonyl (C=O) groups excluding carboxylic acids is 1. The third kappa shape index (κ3) is 3.20. The number of para-hydroxylation sites is 1. The average molecular weight is 355 g/mol. The van der Waals surface area contributed by atoms with Crippen LogP contribution in [-0.4, -0.2) is 32.5 Å². The molecule has 6 nitrogen and oxygen atoms in total. The molecule has 0 saturated heterocycles. The molecule has 0 aliphatic carbocycles. The molecule has 1 atom stereocenters. The van der Waals surface area contributed by atoms with Gasteiger partial charge in [0.1, 0.15) is 12.4 Å². The molecule has 0 radical (unpaired) electrons. The Balaban J connectivity index is 1.62. The molecule has 0 unspecified atom stereocenters. The van der Waals surface area contributed by atoms with Crippen molar-refractivity contribution < 1.29 is 23.7 Å². The molecular weight excluding hydrogens is 334 g/mol. The summed E-state index contributed by atoms with van der Waals surface area (Å²) in [5.41, 5.74) is 2.79. The Kier molecular flexibility index (Phi) is 4.67. The minimum Gasteiger partial charge on any atom is -0.491 e. The molecule has 6 heteroatoms. The summed E-state index contributed by atoms with van der Waals surface area (Å²) in [4.78, 5) is 12.3. The molecule has 0 fully saturated rings. The lowest BCUT2D eigenvalue weighted by Gasteiger charge is -2.27. The molecular formula is C20H21NO5. The van der Waals surface area contributed by atoms with E-state index >= 15 is 0 Å². The highest BCUT2D eigenvalue weighted by atomic mass is 16.7. The summed E-state index contributed by atoms with van der Waals surface area (Å²) in [7, 11) is 0. The van der Waals surface area contributed by atoms with Crippen molar-refractivity contribution in [1.82, 2.24) is 0 Å². The molecule has 0 saturated carbocycles. The van der Waals surface area contributed by atoms with E-state index in [4.69, 9.17) is 18.9 Å². The second-order valence-electron chi connectivity index (χ2n) is 6.18. The van der Waals surface area contributed by atoms with Gasteiger partial charge in [0.15, 0.2) is 11.5 Å². The number of benzene rings is 2. The van der Waals surface area contributed by atoms with Gasteiger partial charge < -0.3 is 24.3 Å². The number of nitrogens with one attached hydrogen (secondary N) is 1. The molecule has 4 rings (SSSR count). The number of fused-ring (bicyclic) bond motifs is 2. The molecule has 2 aromatic carbocycles. The molecule has 0 aromatic heterocycles. The maximum atomic E-state index is 12.3. The molecule has 0 spiro atoms. The molecule has 1 N–H and O–H groups in total. The monoisotopic (exact) mass is 355 g/mol. The number of amides is 1. The fourth-order valence-electron chi connectivity index (χ4n) is 3.40. The van der Waals surface area contributed by atoms with Crippen LogP contribution in [0.2, 0.25) is 0 Å². The van der Waals surface area contributed by atoms with E-state index < -0.39 is 0 Å². The summed E-state index contributed by atoms with van der Waals surface area (Å²) < 4.78 is 22.1. The molecule has 2 heterocycles. The van der Waals surface area contributed by atoms with Gasteiger partial charge >= 0.3 is 0 Å². The van der Waals surface area contributed by atoms with Crippen LogP contribution < -0.4 is 19.5 Å². The van der Waals surface area contributed by atoms with Gasteiger partial charge in [0.25, 0.3) is 0 Å². The lowest BCUT2D eigenvalue weighted by atomic mass is 9.84. The van der Waals surface area contributed by atoms with Crippen molar-refractivity contribution >= 4 is 11.6 Å². The first-order chi connectivity index (χ1) is 12.8. The van der Waals surface area contributed by atoms with Crippen LogP contribution in [-0.2, 0) is 9.53 Å². The van der Waals surface area contributed by atoms with Crippen molar-refractivity contribution in [2.75, 3.05) is 31.9 Å². The maximum absolute atomic E-state index is 12.3. The molecule has 2 aliphatic rings. The lowest BCUT2D eigenvalue weighted by Crippen LogP contribution is -2.23. The van der Waals surface area contributed by atoms with E-state index in [-0.39, 0.29) is 18.6 Å². The van der Waals surface area contributed by atoms with Crippen LogP contribution in [0.1, 0.15) is 30.4 Å². The lowest BCUT2D eigenvalue weighted by molar-refractivity contribution is -0.116. The van der Waals surface area contributed by atoms with Gasteiger partial charge in [-0.05, 0) is 24.6 Å². The Bertz CT molecular complexity index is 820. The van der Waals surface area contributed by atoms with Gasteiger partial charge in [-0.2, -0.15) is 0 Å². The van der Waals surface area contributed by atoms with E-state index in [2.05, 4.69) is 5.32 Å². The van der Waals surface area contributed by atoms with Crippen LogP contribution in [0.4, 0.5) is 5.69 Å². The highest BCUT2D eigenvalue weighted by Gasteiger charge is 2.31. The number of hydrogen-bond acceptors (Lipinski definition) is 5. The molecule has 0 bridgehead atoms. The fourth-order valence-corrected chi connectivity index (χ4v) is 3.40. The van der Waals surface area contributed by atoms with Crippen LogP contribution in [0.25, 0.3) is 0 Å². The molecule has 136 valence electrons. The predicted octanol–water partition coefficient (Wildman–Crippen LogP) is 3.30. The standard InChI is InChI=1S/C20H21NO5/c1-2-23-8-9-24-13-6-7-14-16(11-19(22)21-17(14)10-13)15-4-3-5-18-20(15)26-12-25-18/h3-7,10,16H,2,8-9,11-12H2,1H3,(H,21,22)/t16-/m1/s1. The summed E-state index contributed by atoms with van der Waals surface area (Å²) in [5, 5.41) is 2.95. The van der Waals surface area contributed by atoms with Gasteiger partial charge in [0.2, 0.25) is 12.7 Å². The number of ether oxygens (including phenoxy) is 4. The zero-order valence-corrected chi connectivity index (χ0v) is 14.6. The Hall–Kier alpha value is -2.73. The topological polar surface area (TPSA) is 66.0 Å². The number of hydrogen-bond donors (Lipinski definition) is 1. The van der Waals surface area contributed by atoms with E-state index in [0.717, 1.165) is 28.3 Å². The maximum Gasteiger partial charge on any atom is 0.231 e. The third-order valence-corrected chi connectivity index (χ3v) is 4.57. The summed E-state index contributed by atoms with van der Waals surface area (Å²) >= 11 is 0. The van der Waals surface area contributed by atoms with E-state index in [1.54, 1.807) is 0 Å². The first kappa shape index (κ1) is 16.7. The van der Waals surface area contributed by atoms with Crippen molar-refractivity contribution in [3.05, 3.63) is 47.5 Å². The summed E-state index contributed by atoms with van der Waals surface area (Å²) in [6.45, 7) is 3.84. The molecule has 1 amide bonds. The van der Waals surface area contributed by atoms with Gasteiger partial charge in [-0.25, -0.2) is 0 Å². The Morgan fingerprint density at radius 2 is 2.08 bits per heavy atom. The molecule has 26 heavy (non-hydrogen) atoms. The molecule has 2 aliphatic heterocycles. The van der Waals surface area contributed by atoms with Crippen LogP contribution in [0, 0.1) is 0 Å². The van der Waals surface area contributed by atoms with E-state index in [0.29, 0.717) is 32.0 Å².